The molecule has 0 unspecified atom stereocenters. The number of methoxy groups -OCH3 is 2. The van der Waals surface area contributed by atoms with Gasteiger partial charge in [0, 0.05) is 24.7 Å². The summed E-state index contributed by atoms with van der Waals surface area (Å²) >= 11 is 0. The molecule has 4 rings (SSSR count). The lowest BCUT2D eigenvalue weighted by Crippen LogP contribution is -2.51. The van der Waals surface area contributed by atoms with Gasteiger partial charge < -0.3 is 14.4 Å². The Morgan fingerprint density at radius 1 is 1.07 bits per heavy atom. The number of ether oxygens (including phenoxy) is 2. The van der Waals surface area contributed by atoms with Crippen molar-refractivity contribution in [1.82, 2.24) is 19.9 Å². The van der Waals surface area contributed by atoms with Gasteiger partial charge in [-0.1, -0.05) is 35.5 Å². The molecule has 138 valence electrons. The van der Waals surface area contributed by atoms with Gasteiger partial charge in [-0.15, -0.1) is 5.10 Å². The van der Waals surface area contributed by atoms with Crippen LogP contribution in [0.1, 0.15) is 16.4 Å². The van der Waals surface area contributed by atoms with Gasteiger partial charge in [0.1, 0.15) is 17.2 Å². The second-order valence-electron chi connectivity index (χ2n) is 6.38. The monoisotopic (exact) mass is 364 g/mol. The van der Waals surface area contributed by atoms with E-state index < -0.39 is 0 Å². The van der Waals surface area contributed by atoms with Gasteiger partial charge in [-0.2, -0.15) is 0 Å². The lowest BCUT2D eigenvalue weighted by atomic mass is 10.1. The third kappa shape index (κ3) is 3.23. The number of likely N-dealkylation sites (tertiary alicyclic amines) is 1. The fourth-order valence-corrected chi connectivity index (χ4v) is 3.13. The van der Waals surface area contributed by atoms with Crippen LogP contribution in [0, 0.1) is 0 Å². The summed E-state index contributed by atoms with van der Waals surface area (Å²) in [5, 5.41) is 8.46. The van der Waals surface area contributed by atoms with Crippen molar-refractivity contribution in [2.45, 2.75) is 6.04 Å². The number of carbonyl (C=O) groups excluding carboxylic acids is 1. The minimum Gasteiger partial charge on any atom is -0.497 e. The van der Waals surface area contributed by atoms with Crippen molar-refractivity contribution in [3.8, 4) is 22.8 Å². The van der Waals surface area contributed by atoms with Crippen LogP contribution in [0.4, 0.5) is 0 Å². The second-order valence-corrected chi connectivity index (χ2v) is 6.38. The number of hydrogen-bond acceptors (Lipinski definition) is 5. The van der Waals surface area contributed by atoms with Crippen molar-refractivity contribution in [3.63, 3.8) is 0 Å². The van der Waals surface area contributed by atoms with Gasteiger partial charge in [-0.05, 0) is 12.1 Å². The molecule has 2 heterocycles. The van der Waals surface area contributed by atoms with Crippen molar-refractivity contribution in [1.29, 1.82) is 0 Å². The van der Waals surface area contributed by atoms with E-state index in [1.807, 2.05) is 41.2 Å². The molecule has 27 heavy (non-hydrogen) atoms. The van der Waals surface area contributed by atoms with Gasteiger partial charge >= 0.3 is 0 Å². The van der Waals surface area contributed by atoms with E-state index in [0.29, 0.717) is 30.2 Å². The third-order valence-electron chi connectivity index (χ3n) is 4.74. The molecule has 3 aromatic rings. The fourth-order valence-electron chi connectivity index (χ4n) is 3.13. The first-order valence-electron chi connectivity index (χ1n) is 8.68. The molecule has 0 radical (unpaired) electrons. The Kier molecular flexibility index (Phi) is 4.50. The zero-order valence-corrected chi connectivity index (χ0v) is 15.2. The molecular weight excluding hydrogens is 344 g/mol. The number of benzene rings is 2. The molecule has 0 aliphatic carbocycles. The molecule has 7 nitrogen and oxygen atoms in total. The van der Waals surface area contributed by atoms with E-state index in [1.54, 1.807) is 37.3 Å². The van der Waals surface area contributed by atoms with E-state index in [2.05, 4.69) is 10.3 Å². The predicted octanol–water partition coefficient (Wildman–Crippen LogP) is 2.66. The minimum absolute atomic E-state index is 0.0610. The fraction of sp³-hybridized carbons (Fsp3) is 0.250. The Hall–Kier alpha value is -3.35. The predicted molar refractivity (Wildman–Crippen MR) is 99.9 cm³/mol. The Bertz CT molecular complexity index is 949. The van der Waals surface area contributed by atoms with Gasteiger partial charge in [0.25, 0.3) is 5.91 Å². The van der Waals surface area contributed by atoms with E-state index in [0.717, 1.165) is 11.3 Å². The number of hydrogen-bond donors (Lipinski definition) is 0. The Balaban J connectivity index is 1.44. The van der Waals surface area contributed by atoms with Crippen LogP contribution in [0.5, 0.6) is 11.5 Å². The van der Waals surface area contributed by atoms with Crippen molar-refractivity contribution in [2.75, 3.05) is 27.3 Å². The summed E-state index contributed by atoms with van der Waals surface area (Å²) in [7, 11) is 3.13. The number of carbonyl (C=O) groups is 1. The van der Waals surface area contributed by atoms with Crippen LogP contribution in [0.15, 0.2) is 54.7 Å². The van der Waals surface area contributed by atoms with Crippen molar-refractivity contribution in [3.05, 3.63) is 60.3 Å². The highest BCUT2D eigenvalue weighted by Gasteiger charge is 2.34. The number of rotatable bonds is 5. The maximum atomic E-state index is 12.8. The largest absolute Gasteiger partial charge is 0.497 e. The van der Waals surface area contributed by atoms with E-state index in [1.165, 1.54) is 0 Å². The van der Waals surface area contributed by atoms with Gasteiger partial charge in [0.05, 0.1) is 32.0 Å². The van der Waals surface area contributed by atoms with Gasteiger partial charge in [-0.25, -0.2) is 4.68 Å². The summed E-state index contributed by atoms with van der Waals surface area (Å²) in [4.78, 5) is 14.5. The standard InChI is InChI=1S/C20H20N4O3/c1-26-16-8-9-17(19(10-16)27-2)20(25)23-11-15(12-23)24-13-18(21-22-24)14-6-4-3-5-7-14/h3-10,13,15H,11-12H2,1-2H3. The van der Waals surface area contributed by atoms with E-state index >= 15 is 0 Å². The second kappa shape index (κ2) is 7.11. The van der Waals surface area contributed by atoms with E-state index in [-0.39, 0.29) is 11.9 Å². The Labute approximate surface area is 157 Å². The smallest absolute Gasteiger partial charge is 0.257 e. The zero-order valence-electron chi connectivity index (χ0n) is 15.2. The molecule has 1 amide bonds. The van der Waals surface area contributed by atoms with Crippen molar-refractivity contribution < 1.29 is 14.3 Å². The first kappa shape index (κ1) is 17.1. The van der Waals surface area contributed by atoms with Crippen LogP contribution in [-0.2, 0) is 0 Å². The molecule has 7 heteroatoms. The minimum atomic E-state index is -0.0610. The summed E-state index contributed by atoms with van der Waals surface area (Å²) in [5.74, 6) is 1.10. The molecule has 1 saturated heterocycles. The Morgan fingerprint density at radius 2 is 1.85 bits per heavy atom. The van der Waals surface area contributed by atoms with Gasteiger partial charge in [0.2, 0.25) is 0 Å². The molecule has 1 aromatic heterocycles. The van der Waals surface area contributed by atoms with Crippen LogP contribution in [0.2, 0.25) is 0 Å². The van der Waals surface area contributed by atoms with Crippen LogP contribution >= 0.6 is 0 Å². The molecule has 0 atom stereocenters. The average molecular weight is 364 g/mol. The van der Waals surface area contributed by atoms with Crippen molar-refractivity contribution in [2.24, 2.45) is 0 Å². The highest BCUT2D eigenvalue weighted by atomic mass is 16.5. The molecule has 0 spiro atoms. The summed E-state index contributed by atoms with van der Waals surface area (Å²) < 4.78 is 12.3. The van der Waals surface area contributed by atoms with Crippen LogP contribution in [-0.4, -0.2) is 53.1 Å². The van der Waals surface area contributed by atoms with Gasteiger partial charge in [-0.3, -0.25) is 4.79 Å². The maximum absolute atomic E-state index is 12.8. The average Bonchev–Trinajstić information content (AvgIpc) is 3.16. The molecule has 0 saturated carbocycles. The normalized spacial score (nSPS) is 13.9. The zero-order chi connectivity index (χ0) is 18.8. The lowest BCUT2D eigenvalue weighted by molar-refractivity contribution is 0.0495. The highest BCUT2D eigenvalue weighted by molar-refractivity contribution is 5.97. The van der Waals surface area contributed by atoms with E-state index in [9.17, 15) is 4.79 Å². The molecule has 0 bridgehead atoms. The first-order chi connectivity index (χ1) is 13.2. The maximum Gasteiger partial charge on any atom is 0.257 e. The third-order valence-corrected chi connectivity index (χ3v) is 4.74. The lowest BCUT2D eigenvalue weighted by Gasteiger charge is -2.39. The van der Waals surface area contributed by atoms with Crippen LogP contribution < -0.4 is 9.47 Å². The SMILES string of the molecule is COc1ccc(C(=O)N2CC(n3cc(-c4ccccc4)nn3)C2)c(OC)c1. The first-order valence-corrected chi connectivity index (χ1v) is 8.68. The Morgan fingerprint density at radius 3 is 2.56 bits per heavy atom. The van der Waals surface area contributed by atoms with Crippen LogP contribution in [0.25, 0.3) is 11.3 Å². The number of amides is 1. The molecule has 0 N–H and O–H groups in total. The molecule has 1 fully saturated rings. The quantitative estimate of drug-likeness (QED) is 0.696. The molecule has 1 aliphatic rings. The van der Waals surface area contributed by atoms with Crippen LogP contribution in [0.3, 0.4) is 0 Å². The molecule has 2 aromatic carbocycles. The summed E-state index contributed by atoms with van der Waals surface area (Å²) in [6.45, 7) is 1.18. The molecule has 1 aliphatic heterocycles. The summed E-state index contributed by atoms with van der Waals surface area (Å²) in [6, 6.07) is 15.3. The highest BCUT2D eigenvalue weighted by Crippen LogP contribution is 2.29. The molecular formula is C20H20N4O3. The van der Waals surface area contributed by atoms with Gasteiger partial charge in [0.15, 0.2) is 0 Å². The topological polar surface area (TPSA) is 69.5 Å². The van der Waals surface area contributed by atoms with E-state index in [4.69, 9.17) is 9.47 Å². The summed E-state index contributed by atoms with van der Waals surface area (Å²) in [5.41, 5.74) is 2.39. The summed E-state index contributed by atoms with van der Waals surface area (Å²) in [6.07, 6.45) is 1.93. The number of aromatic nitrogens is 3. The number of nitrogens with zero attached hydrogens (tertiary/aromatic N) is 4. The van der Waals surface area contributed by atoms with Crippen molar-refractivity contribution >= 4 is 5.91 Å².